The monoisotopic (exact) mass is 265 g/mol. The molecule has 3 nitrogen and oxygen atoms in total. The second kappa shape index (κ2) is 5.48. The summed E-state index contributed by atoms with van der Waals surface area (Å²) in [5.41, 5.74) is 2.47. The van der Waals surface area contributed by atoms with Crippen molar-refractivity contribution in [1.82, 2.24) is 15.1 Å². The molecule has 1 aromatic heterocycles. The zero-order valence-electron chi connectivity index (χ0n) is 11.2. The lowest BCUT2D eigenvalue weighted by atomic mass is 10.1. The number of nitrogens with zero attached hydrogens (tertiary/aromatic N) is 2. The third-order valence-electron chi connectivity index (χ3n) is 3.13. The molecule has 0 spiro atoms. The summed E-state index contributed by atoms with van der Waals surface area (Å²) in [5.74, 6) is -1.08. The lowest BCUT2D eigenvalue weighted by molar-refractivity contribution is 0.532. The van der Waals surface area contributed by atoms with Crippen LogP contribution >= 0.6 is 0 Å². The van der Waals surface area contributed by atoms with E-state index in [0.29, 0.717) is 12.1 Å². The first-order chi connectivity index (χ1) is 8.97. The van der Waals surface area contributed by atoms with Gasteiger partial charge in [-0.3, -0.25) is 4.68 Å². The van der Waals surface area contributed by atoms with Crippen LogP contribution in [0.3, 0.4) is 0 Å². The first-order valence-electron chi connectivity index (χ1n) is 6.15. The normalized spacial score (nSPS) is 12.7. The van der Waals surface area contributed by atoms with Gasteiger partial charge in [0.05, 0.1) is 5.69 Å². The molecule has 0 aliphatic heterocycles. The molecular formula is C14H17F2N3. The minimum atomic E-state index is -0.558. The Morgan fingerprint density at radius 1 is 1.37 bits per heavy atom. The number of hydrogen-bond acceptors (Lipinski definition) is 2. The Kier molecular flexibility index (Phi) is 3.95. The number of aromatic nitrogens is 2. The van der Waals surface area contributed by atoms with E-state index in [1.54, 1.807) is 4.68 Å². The Hall–Kier alpha value is -1.75. The second-order valence-corrected chi connectivity index (χ2v) is 4.68. The fourth-order valence-electron chi connectivity index (χ4n) is 2.08. The van der Waals surface area contributed by atoms with E-state index in [1.165, 1.54) is 12.1 Å². The Morgan fingerprint density at radius 2 is 2.11 bits per heavy atom. The third-order valence-corrected chi connectivity index (χ3v) is 3.13. The Labute approximate surface area is 111 Å². The van der Waals surface area contributed by atoms with Gasteiger partial charge in [0.15, 0.2) is 0 Å². The molecule has 0 saturated heterocycles. The maximum Gasteiger partial charge on any atom is 0.130 e. The third kappa shape index (κ3) is 3.17. The molecule has 1 aromatic carbocycles. The highest BCUT2D eigenvalue weighted by atomic mass is 19.1. The lowest BCUT2D eigenvalue weighted by Crippen LogP contribution is -2.19. The van der Waals surface area contributed by atoms with E-state index < -0.39 is 11.6 Å². The topological polar surface area (TPSA) is 29.9 Å². The van der Waals surface area contributed by atoms with Crippen LogP contribution in [0.5, 0.6) is 0 Å². The van der Waals surface area contributed by atoms with E-state index in [4.69, 9.17) is 0 Å². The number of benzene rings is 1. The average molecular weight is 265 g/mol. The van der Waals surface area contributed by atoms with Gasteiger partial charge in [0.1, 0.15) is 11.6 Å². The molecule has 2 aromatic rings. The van der Waals surface area contributed by atoms with Crippen LogP contribution in [0, 0.1) is 18.6 Å². The highest BCUT2D eigenvalue weighted by molar-refractivity contribution is 5.21. The maximum atomic E-state index is 13.5. The molecule has 5 heteroatoms. The average Bonchev–Trinajstić information content (AvgIpc) is 2.67. The summed E-state index contributed by atoms with van der Waals surface area (Å²) >= 11 is 0. The highest BCUT2D eigenvalue weighted by Gasteiger charge is 2.12. The van der Waals surface area contributed by atoms with Crippen molar-refractivity contribution in [1.29, 1.82) is 0 Å². The van der Waals surface area contributed by atoms with E-state index in [9.17, 15) is 8.78 Å². The van der Waals surface area contributed by atoms with Gasteiger partial charge in [-0.2, -0.15) is 5.10 Å². The predicted octanol–water partition coefficient (Wildman–Crippen LogP) is 2.86. The van der Waals surface area contributed by atoms with Crippen LogP contribution in [0.4, 0.5) is 8.78 Å². The first-order valence-corrected chi connectivity index (χ1v) is 6.15. The quantitative estimate of drug-likeness (QED) is 0.921. The van der Waals surface area contributed by atoms with Crippen LogP contribution in [0.15, 0.2) is 24.4 Å². The molecule has 0 amide bonds. The zero-order chi connectivity index (χ0) is 14.0. The number of rotatable bonds is 4. The van der Waals surface area contributed by atoms with Gasteiger partial charge >= 0.3 is 0 Å². The molecular weight excluding hydrogens is 248 g/mol. The van der Waals surface area contributed by atoms with Gasteiger partial charge in [0.25, 0.3) is 0 Å². The van der Waals surface area contributed by atoms with Crippen molar-refractivity contribution in [3.63, 3.8) is 0 Å². The smallest absolute Gasteiger partial charge is 0.130 e. The summed E-state index contributed by atoms with van der Waals surface area (Å²) in [4.78, 5) is 0. The summed E-state index contributed by atoms with van der Waals surface area (Å²) in [7, 11) is 1.86. The Morgan fingerprint density at radius 3 is 2.68 bits per heavy atom. The maximum absolute atomic E-state index is 13.5. The van der Waals surface area contributed by atoms with Gasteiger partial charge in [-0.05, 0) is 19.9 Å². The molecule has 0 bridgehead atoms. The van der Waals surface area contributed by atoms with Crippen LogP contribution in [0.2, 0.25) is 0 Å². The molecule has 2 rings (SSSR count). The van der Waals surface area contributed by atoms with Crippen LogP contribution < -0.4 is 5.32 Å². The molecule has 102 valence electrons. The number of hydrogen-bond donors (Lipinski definition) is 1. The number of halogens is 2. The Balaban J connectivity index is 2.04. The molecule has 0 saturated carbocycles. The molecule has 1 N–H and O–H groups in total. The van der Waals surface area contributed by atoms with Crippen molar-refractivity contribution in [2.45, 2.75) is 26.4 Å². The summed E-state index contributed by atoms with van der Waals surface area (Å²) in [6.45, 7) is 4.28. The molecule has 19 heavy (non-hydrogen) atoms. The molecule has 1 heterocycles. The van der Waals surface area contributed by atoms with Crippen molar-refractivity contribution in [3.05, 3.63) is 52.9 Å². The van der Waals surface area contributed by atoms with Crippen molar-refractivity contribution >= 4 is 0 Å². The number of nitrogens with one attached hydrogen (secondary N) is 1. The molecule has 0 aliphatic carbocycles. The minimum absolute atomic E-state index is 0.0538. The number of aryl methyl sites for hydroxylation is 2. The van der Waals surface area contributed by atoms with Gasteiger partial charge in [0, 0.05) is 43.0 Å². The van der Waals surface area contributed by atoms with Gasteiger partial charge in [-0.15, -0.1) is 0 Å². The van der Waals surface area contributed by atoms with Gasteiger partial charge in [0.2, 0.25) is 0 Å². The Bertz CT molecular complexity index is 578. The summed E-state index contributed by atoms with van der Waals surface area (Å²) in [6.07, 6.45) is 1.94. The van der Waals surface area contributed by atoms with Gasteiger partial charge in [-0.25, -0.2) is 8.78 Å². The molecule has 0 aliphatic rings. The second-order valence-electron chi connectivity index (χ2n) is 4.68. The SMILES string of the molecule is Cc1nn(C)cc1C(C)NCc1ccc(F)cc1F. The van der Waals surface area contributed by atoms with Crippen LogP contribution in [0.1, 0.15) is 29.8 Å². The fraction of sp³-hybridized carbons (Fsp3) is 0.357. The van der Waals surface area contributed by atoms with Crippen LogP contribution in [-0.2, 0) is 13.6 Å². The standard InChI is InChI=1S/C14H17F2N3/c1-9(13-8-19(3)18-10(13)2)17-7-11-4-5-12(15)6-14(11)16/h4-6,8-9,17H,7H2,1-3H3. The first kappa shape index (κ1) is 13.7. The molecule has 0 fully saturated rings. The van der Waals surface area contributed by atoms with E-state index in [0.717, 1.165) is 17.3 Å². The van der Waals surface area contributed by atoms with E-state index in [1.807, 2.05) is 27.1 Å². The molecule has 1 atom stereocenters. The van der Waals surface area contributed by atoms with E-state index in [2.05, 4.69) is 10.4 Å². The van der Waals surface area contributed by atoms with Gasteiger partial charge < -0.3 is 5.32 Å². The predicted molar refractivity (Wildman–Crippen MR) is 69.6 cm³/mol. The zero-order valence-corrected chi connectivity index (χ0v) is 11.2. The largest absolute Gasteiger partial charge is 0.306 e. The lowest BCUT2D eigenvalue weighted by Gasteiger charge is -2.13. The minimum Gasteiger partial charge on any atom is -0.306 e. The van der Waals surface area contributed by atoms with Crippen molar-refractivity contribution in [2.75, 3.05) is 0 Å². The highest BCUT2D eigenvalue weighted by Crippen LogP contribution is 2.17. The fourth-order valence-corrected chi connectivity index (χ4v) is 2.08. The van der Waals surface area contributed by atoms with Crippen molar-refractivity contribution in [2.24, 2.45) is 7.05 Å². The summed E-state index contributed by atoms with van der Waals surface area (Å²) in [5, 5.41) is 7.48. The summed E-state index contributed by atoms with van der Waals surface area (Å²) in [6, 6.07) is 3.68. The van der Waals surface area contributed by atoms with Gasteiger partial charge in [-0.1, -0.05) is 6.07 Å². The van der Waals surface area contributed by atoms with Crippen molar-refractivity contribution < 1.29 is 8.78 Å². The van der Waals surface area contributed by atoms with Crippen molar-refractivity contribution in [3.8, 4) is 0 Å². The van der Waals surface area contributed by atoms with Crippen LogP contribution in [0.25, 0.3) is 0 Å². The molecule has 1 unspecified atom stereocenters. The summed E-state index contributed by atoms with van der Waals surface area (Å²) < 4.78 is 28.0. The van der Waals surface area contributed by atoms with E-state index >= 15 is 0 Å². The van der Waals surface area contributed by atoms with Crippen LogP contribution in [-0.4, -0.2) is 9.78 Å². The molecule has 0 radical (unpaired) electrons. The van der Waals surface area contributed by atoms with E-state index in [-0.39, 0.29) is 6.04 Å².